The van der Waals surface area contributed by atoms with Gasteiger partial charge in [0.2, 0.25) is 0 Å². The number of likely N-dealkylation sites (tertiary alicyclic amines) is 1. The second-order valence-electron chi connectivity index (χ2n) is 7.88. The normalized spacial score (nSPS) is 20.9. The Morgan fingerprint density at radius 1 is 1.39 bits per heavy atom. The molecular weight excluding hydrogens is 290 g/mol. The first-order chi connectivity index (χ1) is 10.8. The van der Waals surface area contributed by atoms with Crippen LogP contribution in [0.1, 0.15) is 58.1 Å². The lowest BCUT2D eigenvalue weighted by Gasteiger charge is -2.52. The number of hydrogen-bond donors (Lipinski definition) is 0. The number of terminal acetylenes is 1. The average molecular weight is 315 g/mol. The van der Waals surface area contributed by atoms with Crippen molar-refractivity contribution < 1.29 is 9.53 Å². The Labute approximate surface area is 138 Å². The van der Waals surface area contributed by atoms with Gasteiger partial charge in [0.05, 0.1) is 17.8 Å². The van der Waals surface area contributed by atoms with Gasteiger partial charge in [0.15, 0.2) is 0 Å². The molecule has 2 aliphatic rings. The zero-order valence-electron chi connectivity index (χ0n) is 14.2. The molecule has 1 aliphatic heterocycles. The molecule has 0 N–H and O–H groups in total. The van der Waals surface area contributed by atoms with Crippen LogP contribution in [-0.4, -0.2) is 39.5 Å². The molecule has 0 atom stereocenters. The summed E-state index contributed by atoms with van der Waals surface area (Å²) in [4.78, 5) is 14.0. The summed E-state index contributed by atoms with van der Waals surface area (Å²) in [5.41, 5.74) is 0.777. The molecule has 5 heteroatoms. The molecule has 3 rings (SSSR count). The summed E-state index contributed by atoms with van der Waals surface area (Å²) in [7, 11) is 0. The Hall–Kier alpha value is -1.96. The fourth-order valence-corrected chi connectivity index (χ4v) is 3.64. The Kier molecular flexibility index (Phi) is 3.87. The van der Waals surface area contributed by atoms with Crippen molar-refractivity contribution >= 4 is 6.09 Å². The molecule has 0 unspecified atom stereocenters. The predicted octanol–water partition coefficient (Wildman–Crippen LogP) is 3.22. The third-order valence-electron chi connectivity index (χ3n) is 4.96. The molecule has 1 aliphatic carbocycles. The van der Waals surface area contributed by atoms with Gasteiger partial charge in [-0.3, -0.25) is 4.68 Å². The summed E-state index contributed by atoms with van der Waals surface area (Å²) < 4.78 is 7.46. The maximum Gasteiger partial charge on any atom is 0.410 e. The number of carbonyl (C=O) groups is 1. The molecule has 1 aromatic rings. The minimum absolute atomic E-state index is 0.186. The molecule has 23 heavy (non-hydrogen) atoms. The van der Waals surface area contributed by atoms with Crippen molar-refractivity contribution in [2.75, 3.05) is 13.1 Å². The van der Waals surface area contributed by atoms with Crippen LogP contribution in [0.3, 0.4) is 0 Å². The molecular formula is C18H25N3O2. The minimum Gasteiger partial charge on any atom is -0.444 e. The topological polar surface area (TPSA) is 47.4 Å². The Bertz CT molecular complexity index is 619. The van der Waals surface area contributed by atoms with Crippen molar-refractivity contribution in [1.82, 2.24) is 14.7 Å². The highest BCUT2D eigenvalue weighted by atomic mass is 16.6. The molecule has 2 fully saturated rings. The van der Waals surface area contributed by atoms with Crippen LogP contribution < -0.4 is 0 Å². The zero-order chi connectivity index (χ0) is 16.7. The van der Waals surface area contributed by atoms with E-state index in [2.05, 4.69) is 11.0 Å². The van der Waals surface area contributed by atoms with E-state index < -0.39 is 5.60 Å². The summed E-state index contributed by atoms with van der Waals surface area (Å²) >= 11 is 0. The number of amides is 1. The van der Waals surface area contributed by atoms with Gasteiger partial charge in [0.25, 0.3) is 0 Å². The van der Waals surface area contributed by atoms with Gasteiger partial charge >= 0.3 is 6.09 Å². The molecule has 1 saturated carbocycles. The van der Waals surface area contributed by atoms with Gasteiger partial charge in [0.1, 0.15) is 5.60 Å². The first-order valence-electron chi connectivity index (χ1n) is 8.29. The van der Waals surface area contributed by atoms with Gasteiger partial charge < -0.3 is 9.64 Å². The minimum atomic E-state index is -0.428. The monoisotopic (exact) mass is 315 g/mol. The third-order valence-corrected chi connectivity index (χ3v) is 4.96. The number of aromatic nitrogens is 2. The maximum absolute atomic E-state index is 12.1. The van der Waals surface area contributed by atoms with E-state index in [4.69, 9.17) is 11.2 Å². The average Bonchev–Trinajstić information content (AvgIpc) is 2.91. The number of piperidine rings is 1. The predicted molar refractivity (Wildman–Crippen MR) is 87.9 cm³/mol. The van der Waals surface area contributed by atoms with E-state index in [1.165, 1.54) is 0 Å². The van der Waals surface area contributed by atoms with Crippen LogP contribution in [0.4, 0.5) is 4.79 Å². The molecule has 0 bridgehead atoms. The summed E-state index contributed by atoms with van der Waals surface area (Å²) in [5.74, 6) is 2.62. The van der Waals surface area contributed by atoms with Crippen LogP contribution >= 0.6 is 0 Å². The van der Waals surface area contributed by atoms with E-state index in [9.17, 15) is 4.79 Å². The van der Waals surface area contributed by atoms with Crippen molar-refractivity contribution in [2.24, 2.45) is 5.41 Å². The quantitative estimate of drug-likeness (QED) is 0.748. The SMILES string of the molecule is C#Cc1cnn(C2CC3(CCN(C(=O)OC(C)(C)C)CC3)C2)c1. The lowest BCUT2D eigenvalue weighted by Crippen LogP contribution is -2.50. The second kappa shape index (κ2) is 5.59. The van der Waals surface area contributed by atoms with Crippen LogP contribution in [0, 0.1) is 17.8 Å². The summed E-state index contributed by atoms with van der Waals surface area (Å²) in [5, 5.41) is 4.36. The van der Waals surface area contributed by atoms with E-state index in [1.807, 2.05) is 36.5 Å². The van der Waals surface area contributed by atoms with Gasteiger partial charge in [-0.25, -0.2) is 4.79 Å². The van der Waals surface area contributed by atoms with E-state index >= 15 is 0 Å². The molecule has 2 heterocycles. The molecule has 5 nitrogen and oxygen atoms in total. The molecule has 1 amide bonds. The highest BCUT2D eigenvalue weighted by molar-refractivity contribution is 5.68. The molecule has 0 radical (unpaired) electrons. The van der Waals surface area contributed by atoms with Crippen LogP contribution in [0.15, 0.2) is 12.4 Å². The summed E-state index contributed by atoms with van der Waals surface area (Å²) in [6.07, 6.45) is 13.3. The highest BCUT2D eigenvalue weighted by Crippen LogP contribution is 2.54. The van der Waals surface area contributed by atoms with E-state index in [-0.39, 0.29) is 6.09 Å². The van der Waals surface area contributed by atoms with Gasteiger partial charge in [-0.05, 0) is 51.9 Å². The Morgan fingerprint density at radius 3 is 2.57 bits per heavy atom. The fourth-order valence-electron chi connectivity index (χ4n) is 3.64. The van der Waals surface area contributed by atoms with Crippen LogP contribution in [0.5, 0.6) is 0 Å². The van der Waals surface area contributed by atoms with Gasteiger partial charge in [-0.1, -0.05) is 5.92 Å². The van der Waals surface area contributed by atoms with Crippen LogP contribution in [0.25, 0.3) is 0 Å². The molecule has 1 saturated heterocycles. The number of nitrogens with zero attached hydrogens (tertiary/aromatic N) is 3. The number of carbonyl (C=O) groups excluding carboxylic acids is 1. The van der Waals surface area contributed by atoms with Gasteiger partial charge in [-0.2, -0.15) is 5.10 Å². The second-order valence-corrected chi connectivity index (χ2v) is 7.88. The maximum atomic E-state index is 12.1. The Morgan fingerprint density at radius 2 is 2.04 bits per heavy atom. The van der Waals surface area contributed by atoms with Crippen molar-refractivity contribution in [3.63, 3.8) is 0 Å². The lowest BCUT2D eigenvalue weighted by molar-refractivity contribution is -0.0258. The molecule has 1 spiro atoms. The number of hydrogen-bond acceptors (Lipinski definition) is 3. The first-order valence-corrected chi connectivity index (χ1v) is 8.29. The van der Waals surface area contributed by atoms with Crippen molar-refractivity contribution in [2.45, 2.75) is 58.1 Å². The van der Waals surface area contributed by atoms with Gasteiger partial charge in [-0.15, -0.1) is 6.42 Å². The Balaban J connectivity index is 1.51. The van der Waals surface area contributed by atoms with Gasteiger partial charge in [0, 0.05) is 19.3 Å². The van der Waals surface area contributed by atoms with Crippen molar-refractivity contribution in [3.8, 4) is 12.3 Å². The standard InChI is InChI=1S/C18H25N3O2/c1-5-14-12-19-21(13-14)15-10-18(11-15)6-8-20(9-7-18)16(22)23-17(2,3)4/h1,12-13,15H,6-11H2,2-4H3. The third kappa shape index (κ3) is 3.36. The fraction of sp³-hybridized carbons (Fsp3) is 0.667. The zero-order valence-corrected chi connectivity index (χ0v) is 14.2. The van der Waals surface area contributed by atoms with E-state index in [0.29, 0.717) is 11.5 Å². The lowest BCUT2D eigenvalue weighted by atomic mass is 9.60. The molecule has 0 aromatic carbocycles. The van der Waals surface area contributed by atoms with Crippen molar-refractivity contribution in [3.05, 3.63) is 18.0 Å². The van der Waals surface area contributed by atoms with Crippen molar-refractivity contribution in [1.29, 1.82) is 0 Å². The molecule has 124 valence electrons. The van der Waals surface area contributed by atoms with Crippen LogP contribution in [0.2, 0.25) is 0 Å². The van der Waals surface area contributed by atoms with Crippen LogP contribution in [-0.2, 0) is 4.74 Å². The number of ether oxygens (including phenoxy) is 1. The summed E-state index contributed by atoms with van der Waals surface area (Å²) in [6, 6.07) is 0.449. The number of rotatable bonds is 1. The largest absolute Gasteiger partial charge is 0.444 e. The van der Waals surface area contributed by atoms with E-state index in [0.717, 1.165) is 44.3 Å². The highest BCUT2D eigenvalue weighted by Gasteiger charge is 2.47. The smallest absolute Gasteiger partial charge is 0.410 e. The first kappa shape index (κ1) is 15.9. The molecule has 1 aromatic heterocycles. The summed E-state index contributed by atoms with van der Waals surface area (Å²) in [6.45, 7) is 7.29. The van der Waals surface area contributed by atoms with E-state index in [1.54, 1.807) is 6.20 Å².